The van der Waals surface area contributed by atoms with Crippen molar-refractivity contribution in [2.45, 2.75) is 13.8 Å². The van der Waals surface area contributed by atoms with E-state index in [4.69, 9.17) is 5.73 Å². The third-order valence-electron chi connectivity index (χ3n) is 0. The van der Waals surface area contributed by atoms with Crippen LogP contribution in [0.3, 0.4) is 0 Å². The first kappa shape index (κ1) is 9.17. The SMILES string of the molecule is C[C-](C)N.[W+2]. The summed E-state index contributed by atoms with van der Waals surface area (Å²) in [5.74, 6) is 0. The summed E-state index contributed by atoms with van der Waals surface area (Å²) in [6, 6.07) is 0.917. The second kappa shape index (κ2) is 4.65. The molecule has 0 radical (unpaired) electrons. The van der Waals surface area contributed by atoms with Gasteiger partial charge in [0.25, 0.3) is 0 Å². The molecule has 0 atom stereocenters. The van der Waals surface area contributed by atoms with Crippen LogP contribution in [0.1, 0.15) is 13.8 Å². The molecule has 0 aliphatic rings. The summed E-state index contributed by atoms with van der Waals surface area (Å²) >= 11 is 0. The molecule has 0 aliphatic heterocycles. The van der Waals surface area contributed by atoms with Crippen LogP contribution in [0.15, 0.2) is 0 Å². The summed E-state index contributed by atoms with van der Waals surface area (Å²) in [5, 5.41) is 0. The summed E-state index contributed by atoms with van der Waals surface area (Å²) in [6.07, 6.45) is 0. The van der Waals surface area contributed by atoms with Crippen LogP contribution in [0.4, 0.5) is 0 Å². The fourth-order valence-corrected chi connectivity index (χ4v) is 0. The fraction of sp³-hybridized carbons (Fsp3) is 0.667. The number of hydrogen-bond acceptors (Lipinski definition) is 1. The van der Waals surface area contributed by atoms with Crippen LogP contribution in [-0.4, -0.2) is 0 Å². The molecule has 0 fully saturated rings. The molecule has 30 valence electrons. The average Bonchev–Trinajstić information content (AvgIpc) is 0.811. The second-order valence-electron chi connectivity index (χ2n) is 1.08. The van der Waals surface area contributed by atoms with Gasteiger partial charge in [0.05, 0.1) is 0 Å². The van der Waals surface area contributed by atoms with Gasteiger partial charge in [-0.3, -0.25) is 6.04 Å². The summed E-state index contributed by atoms with van der Waals surface area (Å²) in [6.45, 7) is 3.72. The van der Waals surface area contributed by atoms with Gasteiger partial charge in [0.1, 0.15) is 0 Å². The van der Waals surface area contributed by atoms with Gasteiger partial charge in [0.2, 0.25) is 0 Å². The minimum atomic E-state index is 0. The van der Waals surface area contributed by atoms with Gasteiger partial charge in [-0.2, -0.15) is 13.8 Å². The minimum absolute atomic E-state index is 0. The van der Waals surface area contributed by atoms with Crippen LogP contribution in [-0.2, 0) is 21.1 Å². The van der Waals surface area contributed by atoms with E-state index in [0.29, 0.717) is 0 Å². The van der Waals surface area contributed by atoms with E-state index < -0.39 is 0 Å². The molecule has 2 heteroatoms. The van der Waals surface area contributed by atoms with Gasteiger partial charge in [0.15, 0.2) is 0 Å². The molecule has 0 unspecified atom stereocenters. The van der Waals surface area contributed by atoms with E-state index in [9.17, 15) is 0 Å². The molecule has 0 rings (SSSR count). The Morgan fingerprint density at radius 3 is 1.40 bits per heavy atom. The quantitative estimate of drug-likeness (QED) is 0.615. The Morgan fingerprint density at radius 1 is 1.40 bits per heavy atom. The Morgan fingerprint density at radius 2 is 1.40 bits per heavy atom. The number of hydrogen-bond donors (Lipinski definition) is 1. The first-order valence-corrected chi connectivity index (χ1v) is 1.29. The molecule has 0 aromatic rings. The Bertz CT molecular complexity index is 11.6. The molecule has 0 amide bonds. The molecular formula is C3H8NW+. The third-order valence-corrected chi connectivity index (χ3v) is 0. The van der Waals surface area contributed by atoms with E-state index >= 15 is 0 Å². The predicted octanol–water partition coefficient (Wildman–Crippen LogP) is 0.514. The van der Waals surface area contributed by atoms with Crippen molar-refractivity contribution >= 4 is 0 Å². The van der Waals surface area contributed by atoms with Crippen molar-refractivity contribution in [3.05, 3.63) is 6.04 Å². The molecule has 0 saturated heterocycles. The van der Waals surface area contributed by atoms with Crippen molar-refractivity contribution in [2.24, 2.45) is 5.73 Å². The number of nitrogens with two attached hydrogens (primary N) is 1. The van der Waals surface area contributed by atoms with Gasteiger partial charge in [-0.15, -0.1) is 0 Å². The Balaban J connectivity index is 0. The molecule has 0 aliphatic carbocycles. The second-order valence-corrected chi connectivity index (χ2v) is 1.08. The molecule has 1 nitrogen and oxygen atoms in total. The molecule has 0 saturated carbocycles. The van der Waals surface area contributed by atoms with Crippen LogP contribution in [0.5, 0.6) is 0 Å². The number of rotatable bonds is 0. The smallest absolute Gasteiger partial charge is 0.481 e. The van der Waals surface area contributed by atoms with Crippen molar-refractivity contribution < 1.29 is 21.1 Å². The first-order valence-electron chi connectivity index (χ1n) is 1.29. The third kappa shape index (κ3) is 77.6. The zero-order valence-corrected chi connectivity index (χ0v) is 6.42. The van der Waals surface area contributed by atoms with Crippen molar-refractivity contribution in [3.63, 3.8) is 0 Å². The molecule has 0 heterocycles. The summed E-state index contributed by atoms with van der Waals surface area (Å²) in [5.41, 5.74) is 5.03. The minimum Gasteiger partial charge on any atom is -0.481 e. The molecule has 0 aromatic heterocycles. The van der Waals surface area contributed by atoms with Gasteiger partial charge < -0.3 is 5.73 Å². The molecular weight excluding hydrogens is 234 g/mol. The molecule has 5 heavy (non-hydrogen) atoms. The van der Waals surface area contributed by atoms with E-state index in [-0.39, 0.29) is 21.1 Å². The van der Waals surface area contributed by atoms with Crippen molar-refractivity contribution in [2.75, 3.05) is 0 Å². The maximum Gasteiger partial charge on any atom is 2.00 e. The van der Waals surface area contributed by atoms with E-state index in [1.165, 1.54) is 0 Å². The van der Waals surface area contributed by atoms with E-state index in [1.54, 1.807) is 0 Å². The van der Waals surface area contributed by atoms with Gasteiger partial charge in [-0.05, 0) is 0 Å². The van der Waals surface area contributed by atoms with Crippen LogP contribution >= 0.6 is 0 Å². The topological polar surface area (TPSA) is 26.0 Å². The summed E-state index contributed by atoms with van der Waals surface area (Å²) < 4.78 is 0. The summed E-state index contributed by atoms with van der Waals surface area (Å²) in [4.78, 5) is 0. The first-order chi connectivity index (χ1) is 1.73. The van der Waals surface area contributed by atoms with Gasteiger partial charge in [0, 0.05) is 0 Å². The van der Waals surface area contributed by atoms with E-state index in [1.807, 2.05) is 13.8 Å². The normalized spacial score (nSPS) is 7.20. The van der Waals surface area contributed by atoms with Crippen LogP contribution in [0.25, 0.3) is 0 Å². The maximum absolute atomic E-state index is 5.03. The molecule has 0 spiro atoms. The Labute approximate surface area is 47.2 Å². The largest absolute Gasteiger partial charge is 2.00 e. The van der Waals surface area contributed by atoms with Crippen molar-refractivity contribution in [1.29, 1.82) is 0 Å². The van der Waals surface area contributed by atoms with Crippen LogP contribution < -0.4 is 5.73 Å². The Hall–Kier alpha value is 0.648. The maximum atomic E-state index is 5.03. The van der Waals surface area contributed by atoms with Crippen molar-refractivity contribution in [1.82, 2.24) is 0 Å². The average molecular weight is 242 g/mol. The van der Waals surface area contributed by atoms with Gasteiger partial charge in [-0.1, -0.05) is 0 Å². The Kier molecular flexibility index (Phi) is 8.52. The van der Waals surface area contributed by atoms with Crippen molar-refractivity contribution in [3.8, 4) is 0 Å². The zero-order chi connectivity index (χ0) is 3.58. The summed E-state index contributed by atoms with van der Waals surface area (Å²) in [7, 11) is 0. The molecule has 0 bridgehead atoms. The van der Waals surface area contributed by atoms with Gasteiger partial charge in [-0.25, -0.2) is 0 Å². The standard InChI is InChI=1S/C3H8N.W/c1-3(2)4;/h4H2,1-2H3;/q-1;+2. The zero-order valence-electron chi connectivity index (χ0n) is 3.49. The van der Waals surface area contributed by atoms with Crippen LogP contribution in [0.2, 0.25) is 0 Å². The van der Waals surface area contributed by atoms with E-state index in [0.717, 1.165) is 6.04 Å². The van der Waals surface area contributed by atoms with Gasteiger partial charge >= 0.3 is 21.1 Å². The predicted molar refractivity (Wildman–Crippen MR) is 18.8 cm³/mol. The molecule has 2 N–H and O–H groups in total. The molecule has 0 aromatic carbocycles. The van der Waals surface area contributed by atoms with E-state index in [2.05, 4.69) is 0 Å². The monoisotopic (exact) mass is 242 g/mol. The van der Waals surface area contributed by atoms with Crippen LogP contribution in [0, 0.1) is 6.04 Å². The fourth-order valence-electron chi connectivity index (χ4n) is 0.